The van der Waals surface area contributed by atoms with Gasteiger partial charge in [-0.3, -0.25) is 4.79 Å². The molecule has 0 radical (unpaired) electrons. The zero-order valence-corrected chi connectivity index (χ0v) is 11.6. The van der Waals surface area contributed by atoms with Gasteiger partial charge in [0.2, 0.25) is 0 Å². The largest absolute Gasteiger partial charge is 1.00 e. The minimum Gasteiger partial charge on any atom is -0.548 e. The Morgan fingerprint density at radius 2 is 2.13 bits per heavy atom. The second-order valence-electron chi connectivity index (χ2n) is 4.02. The number of aliphatic hydroxyl groups excluding tert-OH is 1. The monoisotopic (exact) mass is 239 g/mol. The number of carbonyl (C=O) groups excluding carboxylic acids is 2. The third-order valence-electron chi connectivity index (χ3n) is 2.64. The molecule has 5 nitrogen and oxygen atoms in total. The smallest absolute Gasteiger partial charge is 0.548 e. The van der Waals surface area contributed by atoms with Gasteiger partial charge in [0, 0.05) is 4.75 Å². The fraction of sp³-hybridized carbons (Fsp3) is 0.750. The van der Waals surface area contributed by atoms with Crippen molar-refractivity contribution < 1.29 is 49.4 Å². The van der Waals surface area contributed by atoms with Crippen LogP contribution in [0.3, 0.4) is 0 Å². The number of nitrogens with zero attached hydrogens (tertiary/aromatic N) is 1. The molecule has 3 atom stereocenters. The maximum absolute atomic E-state index is 11.2. The molecule has 15 heavy (non-hydrogen) atoms. The molecule has 2 rings (SSSR count). The van der Waals surface area contributed by atoms with Crippen LogP contribution in [0.2, 0.25) is 0 Å². The van der Waals surface area contributed by atoms with Crippen molar-refractivity contribution in [1.29, 1.82) is 0 Å². The number of β-lactam (4-membered cyclic amide) rings is 1. The van der Waals surface area contributed by atoms with Crippen LogP contribution in [0.1, 0.15) is 13.8 Å². The second kappa shape index (κ2) is 3.92. The van der Waals surface area contributed by atoms with E-state index in [-0.39, 0.29) is 29.6 Å². The first kappa shape index (κ1) is 13.3. The van der Waals surface area contributed by atoms with Crippen LogP contribution >= 0.6 is 11.8 Å². The summed E-state index contributed by atoms with van der Waals surface area (Å²) in [6.45, 7) is 3.47. The van der Waals surface area contributed by atoms with Gasteiger partial charge in [0.25, 0.3) is 5.91 Å². The number of carboxylic acids is 1. The van der Waals surface area contributed by atoms with Crippen molar-refractivity contribution in [2.24, 2.45) is 0 Å². The number of fused-ring (bicyclic) bond motifs is 1. The summed E-state index contributed by atoms with van der Waals surface area (Å²) in [6, 6.07) is -0.937. The fourth-order valence-electron chi connectivity index (χ4n) is 1.97. The van der Waals surface area contributed by atoms with E-state index < -0.39 is 34.1 Å². The molecule has 0 unspecified atom stereocenters. The molecule has 0 aromatic rings. The van der Waals surface area contributed by atoms with Gasteiger partial charge >= 0.3 is 29.6 Å². The van der Waals surface area contributed by atoms with Crippen LogP contribution in [0.4, 0.5) is 0 Å². The van der Waals surface area contributed by atoms with E-state index >= 15 is 0 Å². The third-order valence-corrected chi connectivity index (χ3v) is 4.19. The Labute approximate surface area is 113 Å². The van der Waals surface area contributed by atoms with Crippen molar-refractivity contribution in [3.8, 4) is 0 Å². The van der Waals surface area contributed by atoms with Gasteiger partial charge in [-0.1, -0.05) is 0 Å². The molecule has 0 spiro atoms. The molecule has 2 aliphatic heterocycles. The Hall–Kier alpha value is 0.250. The number of carbonyl (C=O) groups is 2. The summed E-state index contributed by atoms with van der Waals surface area (Å²) in [4.78, 5) is 23.3. The molecule has 2 fully saturated rings. The zero-order valence-electron chi connectivity index (χ0n) is 8.76. The number of hydrogen-bond donors (Lipinski definition) is 1. The summed E-state index contributed by atoms with van der Waals surface area (Å²) in [5, 5.41) is 19.7. The maximum atomic E-state index is 11.2. The van der Waals surface area contributed by atoms with E-state index in [0.717, 1.165) is 0 Å². The van der Waals surface area contributed by atoms with Gasteiger partial charge in [0.05, 0.1) is 12.0 Å². The summed E-state index contributed by atoms with van der Waals surface area (Å²) in [7, 11) is 0. The van der Waals surface area contributed by atoms with Crippen molar-refractivity contribution in [2.45, 2.75) is 36.1 Å². The number of carboxylic acid groups (broad SMARTS) is 1. The van der Waals surface area contributed by atoms with E-state index in [1.807, 2.05) is 0 Å². The Bertz CT molecular complexity index is 322. The second-order valence-corrected chi connectivity index (χ2v) is 5.79. The molecule has 7 heteroatoms. The van der Waals surface area contributed by atoms with E-state index in [1.165, 1.54) is 16.7 Å². The number of hydrogen-bond acceptors (Lipinski definition) is 5. The molecule has 0 bridgehead atoms. The Morgan fingerprint density at radius 3 is 2.60 bits per heavy atom. The zero-order chi connectivity index (χ0) is 10.7. The predicted molar refractivity (Wildman–Crippen MR) is 47.1 cm³/mol. The standard InChI is InChI=1S/C8H11NO4S.Na/c1-8(2)4(7(12)13)9-5(11)3(10)6(9)14-8;/h3-4,6,10H,1-2H3,(H,12,13);/q;+1/p-1/t3-,4-,6+;/m0./s1. The van der Waals surface area contributed by atoms with E-state index in [9.17, 15) is 19.8 Å². The minimum absolute atomic E-state index is 0. The van der Waals surface area contributed by atoms with Gasteiger partial charge in [-0.15, -0.1) is 11.8 Å². The van der Waals surface area contributed by atoms with E-state index in [4.69, 9.17) is 0 Å². The quantitative estimate of drug-likeness (QED) is 0.367. The summed E-state index contributed by atoms with van der Waals surface area (Å²) in [5.74, 6) is -1.77. The minimum atomic E-state index is -1.26. The molecule has 0 aromatic carbocycles. The van der Waals surface area contributed by atoms with Gasteiger partial charge < -0.3 is 19.9 Å². The molecular weight excluding hydrogens is 229 g/mol. The Morgan fingerprint density at radius 1 is 1.60 bits per heavy atom. The summed E-state index contributed by atoms with van der Waals surface area (Å²) < 4.78 is -0.601. The Kier molecular flexibility index (Phi) is 3.48. The van der Waals surface area contributed by atoms with Crippen LogP contribution in [0.5, 0.6) is 0 Å². The topological polar surface area (TPSA) is 80.7 Å². The molecule has 1 amide bonds. The van der Waals surface area contributed by atoms with Crippen molar-refractivity contribution in [2.75, 3.05) is 0 Å². The molecule has 78 valence electrons. The molecule has 0 saturated carbocycles. The number of amides is 1. The number of thioether (sulfide) groups is 1. The molecule has 2 saturated heterocycles. The van der Waals surface area contributed by atoms with Crippen molar-refractivity contribution >= 4 is 23.6 Å². The number of aliphatic hydroxyl groups is 1. The van der Waals surface area contributed by atoms with Crippen LogP contribution in [0.25, 0.3) is 0 Å². The van der Waals surface area contributed by atoms with Crippen LogP contribution < -0.4 is 34.7 Å². The average Bonchev–Trinajstić information content (AvgIpc) is 2.34. The summed E-state index contributed by atoms with van der Waals surface area (Å²) in [5.41, 5.74) is 0. The van der Waals surface area contributed by atoms with Gasteiger partial charge in [-0.25, -0.2) is 0 Å². The first-order valence-electron chi connectivity index (χ1n) is 4.25. The van der Waals surface area contributed by atoms with Crippen molar-refractivity contribution in [1.82, 2.24) is 4.90 Å². The van der Waals surface area contributed by atoms with Crippen molar-refractivity contribution in [3.05, 3.63) is 0 Å². The molecule has 0 aromatic heterocycles. The van der Waals surface area contributed by atoms with E-state index in [2.05, 4.69) is 0 Å². The normalized spacial score (nSPS) is 36.6. The van der Waals surface area contributed by atoms with Crippen LogP contribution in [-0.2, 0) is 9.59 Å². The van der Waals surface area contributed by atoms with E-state index in [1.54, 1.807) is 13.8 Å². The maximum Gasteiger partial charge on any atom is 1.00 e. The van der Waals surface area contributed by atoms with E-state index in [0.29, 0.717) is 0 Å². The van der Waals surface area contributed by atoms with Gasteiger partial charge in [-0.2, -0.15) is 0 Å². The first-order chi connectivity index (χ1) is 6.36. The predicted octanol–water partition coefficient (Wildman–Crippen LogP) is -4.84. The van der Waals surface area contributed by atoms with Gasteiger partial charge in [-0.05, 0) is 13.8 Å². The number of rotatable bonds is 1. The van der Waals surface area contributed by atoms with Crippen LogP contribution in [0, 0.1) is 0 Å². The first-order valence-corrected chi connectivity index (χ1v) is 5.13. The van der Waals surface area contributed by atoms with Crippen LogP contribution in [-0.4, -0.2) is 44.1 Å². The SMILES string of the molecule is CC1(C)S[C@@H]2[C@@H](O)C(=O)N2[C@H]1C(=O)[O-].[Na+]. The summed E-state index contributed by atoms with van der Waals surface area (Å²) >= 11 is 1.30. The van der Waals surface area contributed by atoms with Gasteiger partial charge in [0.1, 0.15) is 5.37 Å². The number of aliphatic carboxylic acids is 1. The van der Waals surface area contributed by atoms with Crippen LogP contribution in [0.15, 0.2) is 0 Å². The fourth-order valence-corrected chi connectivity index (χ4v) is 3.52. The molecule has 1 N–H and O–H groups in total. The summed E-state index contributed by atoms with van der Waals surface area (Å²) in [6.07, 6.45) is -1.05. The van der Waals surface area contributed by atoms with Crippen molar-refractivity contribution in [3.63, 3.8) is 0 Å². The average molecular weight is 239 g/mol. The Balaban J connectivity index is 0.00000112. The molecular formula is C8H10NNaO4S. The molecule has 2 aliphatic rings. The van der Waals surface area contributed by atoms with Gasteiger partial charge in [0.15, 0.2) is 6.10 Å². The molecule has 2 heterocycles. The third kappa shape index (κ3) is 1.72. The molecule has 0 aliphatic carbocycles.